The SMILES string of the molecule is CCC(CCN)CCCN1CCc2ccc(F)cc21. The minimum atomic E-state index is -0.125. The Morgan fingerprint density at radius 3 is 2.95 bits per heavy atom. The molecule has 0 fully saturated rings. The van der Waals surface area contributed by atoms with Crippen molar-refractivity contribution in [2.45, 2.75) is 39.0 Å². The standard InChI is InChI=1S/C16H25FN2/c1-2-13(7-9-18)4-3-10-19-11-8-14-5-6-15(17)12-16(14)19/h5-6,12-13H,2-4,7-11,18H2,1H3. The minimum absolute atomic E-state index is 0.125. The predicted octanol–water partition coefficient (Wildman–Crippen LogP) is 3.34. The van der Waals surface area contributed by atoms with Gasteiger partial charge in [0.1, 0.15) is 5.82 Å². The lowest BCUT2D eigenvalue weighted by molar-refractivity contribution is 0.430. The Morgan fingerprint density at radius 2 is 2.21 bits per heavy atom. The van der Waals surface area contributed by atoms with Gasteiger partial charge in [-0.3, -0.25) is 0 Å². The van der Waals surface area contributed by atoms with Crippen LogP contribution in [-0.2, 0) is 6.42 Å². The van der Waals surface area contributed by atoms with Crippen molar-refractivity contribution in [3.63, 3.8) is 0 Å². The maximum absolute atomic E-state index is 13.3. The van der Waals surface area contributed by atoms with E-state index >= 15 is 0 Å². The molecule has 0 spiro atoms. The third kappa shape index (κ3) is 3.69. The topological polar surface area (TPSA) is 29.3 Å². The van der Waals surface area contributed by atoms with E-state index in [2.05, 4.69) is 11.8 Å². The fourth-order valence-corrected chi connectivity index (χ4v) is 3.01. The number of hydrogen-bond donors (Lipinski definition) is 1. The molecule has 0 saturated heterocycles. The van der Waals surface area contributed by atoms with E-state index in [0.717, 1.165) is 44.1 Å². The first-order valence-electron chi connectivity index (χ1n) is 7.48. The predicted molar refractivity (Wildman–Crippen MR) is 79.0 cm³/mol. The summed E-state index contributed by atoms with van der Waals surface area (Å²) in [5.41, 5.74) is 8.02. The van der Waals surface area contributed by atoms with E-state index in [4.69, 9.17) is 5.73 Å². The molecule has 106 valence electrons. The number of nitrogens with zero attached hydrogens (tertiary/aromatic N) is 1. The van der Waals surface area contributed by atoms with Crippen LogP contribution >= 0.6 is 0 Å². The van der Waals surface area contributed by atoms with Crippen molar-refractivity contribution in [2.24, 2.45) is 11.7 Å². The molecule has 1 aromatic carbocycles. The average molecular weight is 264 g/mol. The summed E-state index contributed by atoms with van der Waals surface area (Å²) in [4.78, 5) is 2.33. The zero-order chi connectivity index (χ0) is 13.7. The summed E-state index contributed by atoms with van der Waals surface area (Å²) >= 11 is 0. The number of rotatable bonds is 7. The van der Waals surface area contributed by atoms with Gasteiger partial charge < -0.3 is 10.6 Å². The quantitative estimate of drug-likeness (QED) is 0.818. The van der Waals surface area contributed by atoms with E-state index in [1.54, 1.807) is 12.1 Å². The molecular formula is C16H25FN2. The summed E-state index contributed by atoms with van der Waals surface area (Å²) < 4.78 is 13.3. The van der Waals surface area contributed by atoms with Gasteiger partial charge in [-0.2, -0.15) is 0 Å². The third-order valence-electron chi connectivity index (χ3n) is 4.23. The van der Waals surface area contributed by atoms with Crippen molar-refractivity contribution in [1.29, 1.82) is 0 Å². The van der Waals surface area contributed by atoms with Crippen LogP contribution in [0.1, 0.15) is 38.2 Å². The van der Waals surface area contributed by atoms with E-state index in [9.17, 15) is 4.39 Å². The number of fused-ring (bicyclic) bond motifs is 1. The molecule has 1 unspecified atom stereocenters. The fraction of sp³-hybridized carbons (Fsp3) is 0.625. The Morgan fingerprint density at radius 1 is 1.37 bits per heavy atom. The second-order valence-electron chi connectivity index (χ2n) is 5.50. The van der Waals surface area contributed by atoms with Gasteiger partial charge in [-0.1, -0.05) is 19.4 Å². The lowest BCUT2D eigenvalue weighted by Crippen LogP contribution is -2.22. The Labute approximate surface area is 115 Å². The highest BCUT2D eigenvalue weighted by Crippen LogP contribution is 2.29. The van der Waals surface area contributed by atoms with Gasteiger partial charge in [0.2, 0.25) is 0 Å². The Hall–Kier alpha value is -1.09. The van der Waals surface area contributed by atoms with Crippen LogP contribution < -0.4 is 10.6 Å². The van der Waals surface area contributed by atoms with Crippen molar-refractivity contribution >= 4 is 5.69 Å². The molecule has 2 rings (SSSR count). The minimum Gasteiger partial charge on any atom is -0.371 e. The van der Waals surface area contributed by atoms with Gasteiger partial charge >= 0.3 is 0 Å². The molecule has 1 aliphatic rings. The smallest absolute Gasteiger partial charge is 0.125 e. The average Bonchev–Trinajstić information content (AvgIpc) is 2.80. The summed E-state index contributed by atoms with van der Waals surface area (Å²) in [6.45, 7) is 5.10. The van der Waals surface area contributed by atoms with Gasteiger partial charge in [-0.05, 0) is 55.8 Å². The molecule has 0 amide bonds. The van der Waals surface area contributed by atoms with Crippen LogP contribution in [0.3, 0.4) is 0 Å². The van der Waals surface area contributed by atoms with Crippen molar-refractivity contribution in [3.05, 3.63) is 29.6 Å². The monoisotopic (exact) mass is 264 g/mol. The number of hydrogen-bond acceptors (Lipinski definition) is 2. The fourth-order valence-electron chi connectivity index (χ4n) is 3.01. The molecule has 3 heteroatoms. The molecule has 19 heavy (non-hydrogen) atoms. The summed E-state index contributed by atoms with van der Waals surface area (Å²) in [5, 5.41) is 0. The van der Waals surface area contributed by atoms with E-state index < -0.39 is 0 Å². The zero-order valence-corrected chi connectivity index (χ0v) is 11.9. The van der Waals surface area contributed by atoms with E-state index in [-0.39, 0.29) is 5.82 Å². The molecular weight excluding hydrogens is 239 g/mol. The first-order chi connectivity index (χ1) is 9.24. The van der Waals surface area contributed by atoms with Crippen molar-refractivity contribution in [2.75, 3.05) is 24.5 Å². The first kappa shape index (κ1) is 14.3. The van der Waals surface area contributed by atoms with Crippen molar-refractivity contribution < 1.29 is 4.39 Å². The van der Waals surface area contributed by atoms with E-state index in [1.807, 2.05) is 6.07 Å². The molecule has 1 heterocycles. The van der Waals surface area contributed by atoms with Crippen LogP contribution in [0.2, 0.25) is 0 Å². The van der Waals surface area contributed by atoms with E-state index in [0.29, 0.717) is 0 Å². The third-order valence-corrected chi connectivity index (χ3v) is 4.23. The van der Waals surface area contributed by atoms with Crippen LogP contribution in [0.25, 0.3) is 0 Å². The second kappa shape index (κ2) is 6.90. The number of halogens is 1. The zero-order valence-electron chi connectivity index (χ0n) is 11.9. The molecule has 1 aliphatic heterocycles. The molecule has 2 N–H and O–H groups in total. The summed E-state index contributed by atoms with van der Waals surface area (Å²) in [6.07, 6.45) is 5.79. The molecule has 0 aromatic heterocycles. The maximum atomic E-state index is 13.3. The lowest BCUT2D eigenvalue weighted by Gasteiger charge is -2.21. The summed E-state index contributed by atoms with van der Waals surface area (Å²) in [6, 6.07) is 5.17. The van der Waals surface area contributed by atoms with Crippen LogP contribution in [0.4, 0.5) is 10.1 Å². The second-order valence-corrected chi connectivity index (χ2v) is 5.50. The number of benzene rings is 1. The van der Waals surface area contributed by atoms with Crippen LogP contribution in [0.5, 0.6) is 0 Å². The van der Waals surface area contributed by atoms with Crippen molar-refractivity contribution in [1.82, 2.24) is 0 Å². The highest BCUT2D eigenvalue weighted by atomic mass is 19.1. The first-order valence-corrected chi connectivity index (χ1v) is 7.48. The number of anilines is 1. The van der Waals surface area contributed by atoms with Crippen LogP contribution in [0, 0.1) is 11.7 Å². The van der Waals surface area contributed by atoms with Gasteiger partial charge in [0.05, 0.1) is 0 Å². The van der Waals surface area contributed by atoms with Crippen LogP contribution in [-0.4, -0.2) is 19.6 Å². The highest BCUT2D eigenvalue weighted by Gasteiger charge is 2.19. The summed E-state index contributed by atoms with van der Waals surface area (Å²) in [7, 11) is 0. The van der Waals surface area contributed by atoms with Gasteiger partial charge in [0.15, 0.2) is 0 Å². The van der Waals surface area contributed by atoms with Crippen LogP contribution in [0.15, 0.2) is 18.2 Å². The van der Waals surface area contributed by atoms with Crippen molar-refractivity contribution in [3.8, 4) is 0 Å². The Kier molecular flexibility index (Phi) is 5.20. The van der Waals surface area contributed by atoms with E-state index in [1.165, 1.54) is 24.8 Å². The van der Waals surface area contributed by atoms with Gasteiger partial charge in [0, 0.05) is 18.8 Å². The Balaban J connectivity index is 1.84. The molecule has 0 radical (unpaired) electrons. The van der Waals surface area contributed by atoms with Gasteiger partial charge in [-0.15, -0.1) is 0 Å². The number of nitrogens with two attached hydrogens (primary N) is 1. The van der Waals surface area contributed by atoms with Gasteiger partial charge in [0.25, 0.3) is 0 Å². The molecule has 0 saturated carbocycles. The molecule has 2 nitrogen and oxygen atoms in total. The highest BCUT2D eigenvalue weighted by molar-refractivity contribution is 5.58. The normalized spacial score (nSPS) is 15.6. The summed E-state index contributed by atoms with van der Waals surface area (Å²) in [5.74, 6) is 0.625. The lowest BCUT2D eigenvalue weighted by atomic mass is 9.96. The Bertz CT molecular complexity index is 406. The van der Waals surface area contributed by atoms with Gasteiger partial charge in [-0.25, -0.2) is 4.39 Å². The molecule has 1 atom stereocenters. The molecule has 0 bridgehead atoms. The molecule has 1 aromatic rings. The maximum Gasteiger partial charge on any atom is 0.125 e. The molecule has 0 aliphatic carbocycles. The largest absolute Gasteiger partial charge is 0.371 e.